The van der Waals surface area contributed by atoms with E-state index in [0.717, 1.165) is 28.2 Å². The van der Waals surface area contributed by atoms with Crippen LogP contribution >= 0.6 is 23.1 Å². The number of hydrogen-bond acceptors (Lipinski definition) is 5. The largest absolute Gasteiger partial charge is 0.376 e. The van der Waals surface area contributed by atoms with Crippen molar-refractivity contribution >= 4 is 39.8 Å². The Balaban J connectivity index is 1.89. The number of carbonyl (C=O) groups is 2. The number of nitrogens with one attached hydrogen (secondary N) is 1. The van der Waals surface area contributed by atoms with Gasteiger partial charge in [-0.05, 0) is 37.3 Å². The molecule has 1 aliphatic heterocycles. The van der Waals surface area contributed by atoms with E-state index >= 15 is 0 Å². The Labute approximate surface area is 162 Å². The standard InChI is InChI=1S/C20H23NO3S2/c1-13-5-7-14(8-6-13)19(23)18-15-9-10-24-12-16(15)26-20(18)21-17(22)4-3-11-25-2/h5-8H,3-4,9-12H2,1-2H3,(H,21,22). The highest BCUT2D eigenvalue weighted by atomic mass is 32.2. The number of thiophene rings is 1. The maximum atomic E-state index is 13.2. The quantitative estimate of drug-likeness (QED) is 0.562. The Kier molecular flexibility index (Phi) is 6.51. The SMILES string of the molecule is CSCCCC(=O)Nc1sc2c(c1C(=O)c1ccc(C)cc1)CCOC2. The minimum atomic E-state index is -0.0310. The van der Waals surface area contributed by atoms with Gasteiger partial charge in [0.2, 0.25) is 5.91 Å². The summed E-state index contributed by atoms with van der Waals surface area (Å²) in [4.78, 5) is 26.5. The summed E-state index contributed by atoms with van der Waals surface area (Å²) >= 11 is 3.20. The summed E-state index contributed by atoms with van der Waals surface area (Å²) in [5.74, 6) is 0.900. The van der Waals surface area contributed by atoms with Crippen molar-refractivity contribution in [3.8, 4) is 0 Å². The maximum Gasteiger partial charge on any atom is 0.225 e. The number of fused-ring (bicyclic) bond motifs is 1. The summed E-state index contributed by atoms with van der Waals surface area (Å²) in [6, 6.07) is 7.59. The van der Waals surface area contributed by atoms with Crippen molar-refractivity contribution in [2.24, 2.45) is 0 Å². The van der Waals surface area contributed by atoms with Crippen LogP contribution in [0.4, 0.5) is 5.00 Å². The lowest BCUT2D eigenvalue weighted by Crippen LogP contribution is -2.15. The number of amides is 1. The molecule has 2 aromatic rings. The van der Waals surface area contributed by atoms with Crippen LogP contribution in [0.25, 0.3) is 0 Å². The van der Waals surface area contributed by atoms with Gasteiger partial charge in [0.25, 0.3) is 0 Å². The first-order valence-electron chi connectivity index (χ1n) is 8.72. The van der Waals surface area contributed by atoms with Crippen LogP contribution in [-0.2, 0) is 22.6 Å². The fourth-order valence-corrected chi connectivity index (χ4v) is 4.61. The first-order valence-corrected chi connectivity index (χ1v) is 10.9. The van der Waals surface area contributed by atoms with E-state index in [-0.39, 0.29) is 11.7 Å². The molecule has 1 aromatic carbocycles. The lowest BCUT2D eigenvalue weighted by atomic mass is 9.97. The second kappa shape index (κ2) is 8.84. The zero-order valence-electron chi connectivity index (χ0n) is 15.1. The van der Waals surface area contributed by atoms with Gasteiger partial charge in [-0.15, -0.1) is 11.3 Å². The number of anilines is 1. The number of hydrogen-bond donors (Lipinski definition) is 1. The summed E-state index contributed by atoms with van der Waals surface area (Å²) in [5, 5.41) is 3.65. The molecule has 3 rings (SSSR count). The van der Waals surface area contributed by atoms with Crippen molar-refractivity contribution in [3.63, 3.8) is 0 Å². The molecular formula is C20H23NO3S2. The van der Waals surface area contributed by atoms with Crippen molar-refractivity contribution < 1.29 is 14.3 Å². The highest BCUT2D eigenvalue weighted by molar-refractivity contribution is 7.98. The Morgan fingerprint density at radius 3 is 2.77 bits per heavy atom. The summed E-state index contributed by atoms with van der Waals surface area (Å²) in [6.07, 6.45) is 4.05. The van der Waals surface area contributed by atoms with Gasteiger partial charge >= 0.3 is 0 Å². The van der Waals surface area contributed by atoms with E-state index in [0.29, 0.717) is 42.2 Å². The Morgan fingerprint density at radius 2 is 2.04 bits per heavy atom. The number of aryl methyl sites for hydroxylation is 1. The predicted octanol–water partition coefficient (Wildman–Crippen LogP) is 4.44. The normalized spacial score (nSPS) is 13.3. The van der Waals surface area contributed by atoms with E-state index in [1.165, 1.54) is 11.3 Å². The summed E-state index contributed by atoms with van der Waals surface area (Å²) < 4.78 is 5.53. The van der Waals surface area contributed by atoms with Gasteiger partial charge < -0.3 is 10.1 Å². The minimum Gasteiger partial charge on any atom is -0.376 e. The highest BCUT2D eigenvalue weighted by Gasteiger charge is 2.27. The van der Waals surface area contributed by atoms with Gasteiger partial charge in [-0.25, -0.2) is 0 Å². The lowest BCUT2D eigenvalue weighted by molar-refractivity contribution is -0.116. The zero-order valence-corrected chi connectivity index (χ0v) is 16.7. The molecule has 0 fully saturated rings. The molecule has 1 N–H and O–H groups in total. The van der Waals surface area contributed by atoms with Crippen LogP contribution < -0.4 is 5.32 Å². The van der Waals surface area contributed by atoms with Gasteiger partial charge in [-0.2, -0.15) is 11.8 Å². The fraction of sp³-hybridized carbons (Fsp3) is 0.400. The van der Waals surface area contributed by atoms with Crippen LogP contribution in [0.5, 0.6) is 0 Å². The second-order valence-corrected chi connectivity index (χ2v) is 8.44. The minimum absolute atomic E-state index is 0.0242. The average molecular weight is 390 g/mol. The number of rotatable bonds is 7. The molecule has 1 amide bonds. The van der Waals surface area contributed by atoms with Gasteiger partial charge in [0, 0.05) is 16.9 Å². The van der Waals surface area contributed by atoms with Gasteiger partial charge in [-0.1, -0.05) is 29.8 Å². The third kappa shape index (κ3) is 4.37. The molecule has 4 nitrogen and oxygen atoms in total. The Hall–Kier alpha value is -1.63. The van der Waals surface area contributed by atoms with Gasteiger partial charge in [0.1, 0.15) is 5.00 Å². The molecule has 1 aliphatic rings. The van der Waals surface area contributed by atoms with E-state index in [4.69, 9.17) is 4.74 Å². The third-order valence-corrected chi connectivity index (χ3v) is 6.18. The molecule has 6 heteroatoms. The fourth-order valence-electron chi connectivity index (χ4n) is 2.98. The van der Waals surface area contributed by atoms with E-state index in [1.54, 1.807) is 11.8 Å². The molecule has 0 aliphatic carbocycles. The highest BCUT2D eigenvalue weighted by Crippen LogP contribution is 2.38. The van der Waals surface area contributed by atoms with Gasteiger partial charge in [0.05, 0.1) is 18.8 Å². The van der Waals surface area contributed by atoms with Crippen molar-refractivity contribution in [2.45, 2.75) is 32.8 Å². The molecule has 0 atom stereocenters. The molecule has 0 spiro atoms. The summed E-state index contributed by atoms with van der Waals surface area (Å²) in [7, 11) is 0. The van der Waals surface area contributed by atoms with Crippen LogP contribution in [0.1, 0.15) is 44.8 Å². The molecule has 0 saturated carbocycles. The van der Waals surface area contributed by atoms with Crippen molar-refractivity contribution in [2.75, 3.05) is 23.9 Å². The number of carbonyl (C=O) groups excluding carboxylic acids is 2. The topological polar surface area (TPSA) is 55.4 Å². The van der Waals surface area contributed by atoms with E-state index in [9.17, 15) is 9.59 Å². The molecule has 0 unspecified atom stereocenters. The second-order valence-electron chi connectivity index (χ2n) is 6.35. The van der Waals surface area contributed by atoms with Crippen molar-refractivity contribution in [1.82, 2.24) is 0 Å². The molecule has 0 bridgehead atoms. The maximum absolute atomic E-state index is 13.2. The van der Waals surface area contributed by atoms with Crippen LogP contribution in [0.3, 0.4) is 0 Å². The molecule has 26 heavy (non-hydrogen) atoms. The molecule has 138 valence electrons. The zero-order chi connectivity index (χ0) is 18.5. The predicted molar refractivity (Wildman–Crippen MR) is 109 cm³/mol. The third-order valence-electron chi connectivity index (χ3n) is 4.37. The van der Waals surface area contributed by atoms with Crippen LogP contribution in [0, 0.1) is 6.92 Å². The van der Waals surface area contributed by atoms with Gasteiger partial charge in [-0.3, -0.25) is 9.59 Å². The van der Waals surface area contributed by atoms with Crippen molar-refractivity contribution in [3.05, 3.63) is 51.4 Å². The van der Waals surface area contributed by atoms with Gasteiger partial charge in [0.15, 0.2) is 5.78 Å². The molecule has 2 heterocycles. The molecule has 0 saturated heterocycles. The smallest absolute Gasteiger partial charge is 0.225 e. The first kappa shape index (κ1) is 19.1. The van der Waals surface area contributed by atoms with E-state index in [2.05, 4.69) is 5.32 Å². The van der Waals surface area contributed by atoms with Crippen LogP contribution in [0.2, 0.25) is 0 Å². The molecule has 0 radical (unpaired) electrons. The number of ketones is 1. The average Bonchev–Trinajstić information content (AvgIpc) is 2.99. The van der Waals surface area contributed by atoms with Crippen LogP contribution in [-0.4, -0.2) is 30.3 Å². The first-order chi connectivity index (χ1) is 12.6. The lowest BCUT2D eigenvalue weighted by Gasteiger charge is -2.13. The summed E-state index contributed by atoms with van der Waals surface area (Å²) in [5.41, 5.74) is 3.45. The van der Waals surface area contributed by atoms with Crippen molar-refractivity contribution in [1.29, 1.82) is 0 Å². The Bertz CT molecular complexity index is 796. The van der Waals surface area contributed by atoms with E-state index in [1.807, 2.05) is 37.4 Å². The number of benzene rings is 1. The number of ether oxygens (including phenoxy) is 1. The molecular weight excluding hydrogens is 366 g/mol. The number of thioether (sulfide) groups is 1. The van der Waals surface area contributed by atoms with E-state index < -0.39 is 0 Å². The summed E-state index contributed by atoms with van der Waals surface area (Å²) in [6.45, 7) is 3.12. The molecule has 1 aromatic heterocycles. The monoisotopic (exact) mass is 389 g/mol. The Morgan fingerprint density at radius 1 is 1.27 bits per heavy atom. The van der Waals surface area contributed by atoms with Crippen LogP contribution in [0.15, 0.2) is 24.3 Å².